The molecule has 7 nitrogen and oxygen atoms in total. The summed E-state index contributed by atoms with van der Waals surface area (Å²) in [6.07, 6.45) is 6.18. The van der Waals surface area contributed by atoms with E-state index in [1.165, 1.54) is 0 Å². The average molecular weight is 331 g/mol. The second kappa shape index (κ2) is 6.29. The Labute approximate surface area is 138 Å². The van der Waals surface area contributed by atoms with Crippen LogP contribution in [0.1, 0.15) is 18.2 Å². The molecule has 4 heterocycles. The topological polar surface area (TPSA) is 73.1 Å². The molecule has 0 radical (unpaired) electrons. The number of piperidine rings is 1. The maximum Gasteiger partial charge on any atom is 0.233 e. The number of carbonyl (C=O) groups excluding carboxylic acids is 1. The zero-order valence-corrected chi connectivity index (χ0v) is 13.4. The first-order valence-electron chi connectivity index (χ1n) is 7.62. The summed E-state index contributed by atoms with van der Waals surface area (Å²) in [6.45, 7) is 1.93. The van der Waals surface area contributed by atoms with Crippen molar-refractivity contribution in [1.82, 2.24) is 24.9 Å². The summed E-state index contributed by atoms with van der Waals surface area (Å²) in [4.78, 5) is 19.5. The number of likely N-dealkylation sites (tertiary alicyclic amines) is 1. The van der Waals surface area contributed by atoms with E-state index in [2.05, 4.69) is 15.3 Å². The summed E-state index contributed by atoms with van der Waals surface area (Å²) in [6, 6.07) is 3.91. The van der Waals surface area contributed by atoms with Gasteiger partial charge in [0.1, 0.15) is 0 Å². The van der Waals surface area contributed by atoms with Gasteiger partial charge in [-0.25, -0.2) is 4.68 Å². The molecule has 2 aromatic heterocycles. The van der Waals surface area contributed by atoms with Gasteiger partial charge in [0.25, 0.3) is 0 Å². The fraction of sp³-hybridized carbons (Fsp3) is 0.467. The number of amides is 1. The molecule has 0 aliphatic carbocycles. The molecule has 2 atom stereocenters. The van der Waals surface area contributed by atoms with Gasteiger partial charge in [0, 0.05) is 30.4 Å². The van der Waals surface area contributed by atoms with Crippen molar-refractivity contribution in [3.8, 4) is 0 Å². The van der Waals surface area contributed by atoms with Gasteiger partial charge in [-0.3, -0.25) is 9.78 Å². The third kappa shape index (κ3) is 2.96. The van der Waals surface area contributed by atoms with Crippen LogP contribution in [0.15, 0.2) is 35.6 Å². The fourth-order valence-corrected chi connectivity index (χ4v) is 3.86. The average Bonchev–Trinajstić information content (AvgIpc) is 3.09. The predicted octanol–water partition coefficient (Wildman–Crippen LogP) is 1.14. The number of thioether (sulfide) groups is 1. The molecule has 2 aliphatic heterocycles. The Kier molecular flexibility index (Phi) is 4.00. The monoisotopic (exact) mass is 331 g/mol. The highest BCUT2D eigenvalue weighted by Crippen LogP contribution is 2.30. The zero-order valence-electron chi connectivity index (χ0n) is 12.5. The number of fused-ring (bicyclic) bond motifs is 3. The Hall–Kier alpha value is -1.93. The highest BCUT2D eigenvalue weighted by molar-refractivity contribution is 8.00. The first-order valence-corrected chi connectivity index (χ1v) is 8.61. The molecule has 0 bridgehead atoms. The van der Waals surface area contributed by atoms with E-state index < -0.39 is 0 Å². The van der Waals surface area contributed by atoms with E-state index in [0.29, 0.717) is 18.9 Å². The zero-order chi connectivity index (χ0) is 15.6. The lowest BCUT2D eigenvalue weighted by Crippen LogP contribution is -2.50. The second-order valence-electron chi connectivity index (χ2n) is 5.69. The van der Waals surface area contributed by atoms with Gasteiger partial charge in [0.15, 0.2) is 0 Å². The van der Waals surface area contributed by atoms with Crippen LogP contribution < -0.4 is 0 Å². The fourth-order valence-electron chi connectivity index (χ4n) is 3.08. The van der Waals surface area contributed by atoms with Crippen LogP contribution >= 0.6 is 11.8 Å². The Morgan fingerprint density at radius 2 is 2.26 bits per heavy atom. The Balaban J connectivity index is 1.40. The first-order chi connectivity index (χ1) is 11.3. The standard InChI is InChI=1S/C15H17N5O2S/c21-15(10-23-12-1-4-16-5-2-12)19-6-3-14-13(8-19)20-11(9-22-14)7-17-18-20/h1-2,4-5,7,13-14H,3,6,8-10H2/t13-,14-/m1/s1. The molecule has 120 valence electrons. The van der Waals surface area contributed by atoms with Crippen LogP contribution in [0.3, 0.4) is 0 Å². The Bertz CT molecular complexity index is 692. The number of hydrogen-bond acceptors (Lipinski definition) is 6. The number of nitrogens with zero attached hydrogens (tertiary/aromatic N) is 5. The van der Waals surface area contributed by atoms with Crippen molar-refractivity contribution in [2.45, 2.75) is 30.1 Å². The number of carbonyl (C=O) groups is 1. The highest BCUT2D eigenvalue weighted by Gasteiger charge is 2.37. The molecule has 0 unspecified atom stereocenters. The molecule has 0 spiro atoms. The van der Waals surface area contributed by atoms with E-state index in [1.54, 1.807) is 30.4 Å². The van der Waals surface area contributed by atoms with Gasteiger partial charge in [-0.2, -0.15) is 0 Å². The molecule has 1 saturated heterocycles. The molecule has 8 heteroatoms. The lowest BCUT2D eigenvalue weighted by atomic mass is 10.0. The van der Waals surface area contributed by atoms with Crippen LogP contribution in [0.5, 0.6) is 0 Å². The summed E-state index contributed by atoms with van der Waals surface area (Å²) in [5.74, 6) is 0.587. The van der Waals surface area contributed by atoms with Crippen LogP contribution in [0, 0.1) is 0 Å². The molecule has 0 saturated carbocycles. The third-order valence-corrected chi connectivity index (χ3v) is 5.29. The van der Waals surface area contributed by atoms with Crippen LogP contribution in [0.2, 0.25) is 0 Å². The lowest BCUT2D eigenvalue weighted by molar-refractivity contribution is -0.135. The molecule has 1 fully saturated rings. The van der Waals surface area contributed by atoms with Gasteiger partial charge in [-0.15, -0.1) is 16.9 Å². The highest BCUT2D eigenvalue weighted by atomic mass is 32.2. The SMILES string of the molecule is O=C(CSc1ccncc1)N1CC[C@H]2OCc3cnnn3[C@@H]2C1. The maximum atomic E-state index is 12.5. The summed E-state index contributed by atoms with van der Waals surface area (Å²) < 4.78 is 7.79. The molecule has 0 aromatic carbocycles. The number of rotatable bonds is 3. The van der Waals surface area contributed by atoms with E-state index in [0.717, 1.165) is 23.6 Å². The Morgan fingerprint density at radius 1 is 1.39 bits per heavy atom. The third-order valence-electron chi connectivity index (χ3n) is 4.29. The maximum absolute atomic E-state index is 12.5. The summed E-state index contributed by atoms with van der Waals surface area (Å²) >= 11 is 1.54. The van der Waals surface area contributed by atoms with Crippen molar-refractivity contribution in [3.05, 3.63) is 36.4 Å². The van der Waals surface area contributed by atoms with Crippen molar-refractivity contribution in [2.75, 3.05) is 18.8 Å². The molecular weight excluding hydrogens is 314 g/mol. The number of ether oxygens (including phenoxy) is 1. The smallest absolute Gasteiger partial charge is 0.233 e. The van der Waals surface area contributed by atoms with E-state index in [1.807, 2.05) is 21.7 Å². The minimum Gasteiger partial charge on any atom is -0.370 e. The lowest BCUT2D eigenvalue weighted by Gasteiger charge is -2.41. The number of hydrogen-bond donors (Lipinski definition) is 0. The van der Waals surface area contributed by atoms with Crippen LogP contribution in [0.25, 0.3) is 0 Å². The Morgan fingerprint density at radius 3 is 3.13 bits per heavy atom. The van der Waals surface area contributed by atoms with Crippen molar-refractivity contribution in [3.63, 3.8) is 0 Å². The number of aromatic nitrogens is 4. The summed E-state index contributed by atoms with van der Waals surface area (Å²) in [5.41, 5.74) is 0.978. The van der Waals surface area contributed by atoms with Gasteiger partial charge >= 0.3 is 0 Å². The van der Waals surface area contributed by atoms with Gasteiger partial charge in [0.2, 0.25) is 5.91 Å². The molecule has 4 rings (SSSR count). The molecular formula is C15H17N5O2S. The van der Waals surface area contributed by atoms with Gasteiger partial charge < -0.3 is 9.64 Å². The van der Waals surface area contributed by atoms with Crippen molar-refractivity contribution < 1.29 is 9.53 Å². The van der Waals surface area contributed by atoms with Crippen LogP contribution in [-0.2, 0) is 16.1 Å². The molecule has 23 heavy (non-hydrogen) atoms. The number of pyridine rings is 1. The van der Waals surface area contributed by atoms with Gasteiger partial charge in [-0.1, -0.05) is 5.21 Å². The molecule has 0 N–H and O–H groups in total. The minimum absolute atomic E-state index is 0.0740. The van der Waals surface area contributed by atoms with E-state index in [9.17, 15) is 4.79 Å². The van der Waals surface area contributed by atoms with E-state index in [-0.39, 0.29) is 18.1 Å². The van der Waals surface area contributed by atoms with E-state index >= 15 is 0 Å². The van der Waals surface area contributed by atoms with Gasteiger partial charge in [0.05, 0.1) is 36.4 Å². The molecule has 1 amide bonds. The normalized spacial score (nSPS) is 23.2. The largest absolute Gasteiger partial charge is 0.370 e. The molecule has 2 aliphatic rings. The summed E-state index contributed by atoms with van der Waals surface area (Å²) in [7, 11) is 0. The quantitative estimate of drug-likeness (QED) is 0.785. The van der Waals surface area contributed by atoms with Crippen molar-refractivity contribution in [2.24, 2.45) is 0 Å². The van der Waals surface area contributed by atoms with Crippen molar-refractivity contribution >= 4 is 17.7 Å². The summed E-state index contributed by atoms with van der Waals surface area (Å²) in [5, 5.41) is 8.13. The van der Waals surface area contributed by atoms with Crippen LogP contribution in [-0.4, -0.2) is 55.7 Å². The molecule has 2 aromatic rings. The predicted molar refractivity (Wildman–Crippen MR) is 83.8 cm³/mol. The minimum atomic E-state index is 0.0740. The van der Waals surface area contributed by atoms with E-state index in [4.69, 9.17) is 4.74 Å². The van der Waals surface area contributed by atoms with Crippen LogP contribution in [0.4, 0.5) is 0 Å². The van der Waals surface area contributed by atoms with Crippen molar-refractivity contribution in [1.29, 1.82) is 0 Å². The first kappa shape index (κ1) is 14.6. The second-order valence-corrected chi connectivity index (χ2v) is 6.74. The van der Waals surface area contributed by atoms with Gasteiger partial charge in [-0.05, 0) is 18.6 Å².